The second-order valence-electron chi connectivity index (χ2n) is 6.58. The number of carbonyl (C=O) groups excluding carboxylic acids is 1. The van der Waals surface area contributed by atoms with Gasteiger partial charge in [-0.2, -0.15) is 0 Å². The molecule has 0 aromatic heterocycles. The van der Waals surface area contributed by atoms with Gasteiger partial charge >= 0.3 is 0 Å². The highest BCUT2D eigenvalue weighted by molar-refractivity contribution is 5.78. The Labute approximate surface area is 138 Å². The maximum absolute atomic E-state index is 12.2. The van der Waals surface area contributed by atoms with Gasteiger partial charge in [0.1, 0.15) is 5.75 Å². The van der Waals surface area contributed by atoms with Gasteiger partial charge in [-0.3, -0.25) is 4.79 Å². The molecule has 1 unspecified atom stereocenters. The van der Waals surface area contributed by atoms with Crippen LogP contribution in [-0.2, 0) is 4.79 Å². The van der Waals surface area contributed by atoms with Crippen molar-refractivity contribution in [2.75, 3.05) is 13.1 Å². The quantitative estimate of drug-likeness (QED) is 0.750. The zero-order valence-corrected chi connectivity index (χ0v) is 14.2. The van der Waals surface area contributed by atoms with E-state index in [0.29, 0.717) is 6.04 Å². The molecule has 1 amide bonds. The number of amides is 1. The molecular weight excluding hydrogens is 292 g/mol. The van der Waals surface area contributed by atoms with E-state index in [0.717, 1.165) is 30.7 Å². The molecule has 5 heteroatoms. The van der Waals surface area contributed by atoms with Crippen LogP contribution in [0.5, 0.6) is 5.75 Å². The zero-order chi connectivity index (χ0) is 16.8. The summed E-state index contributed by atoms with van der Waals surface area (Å²) in [5.74, 6) is 0.802. The number of piperidine rings is 1. The summed E-state index contributed by atoms with van der Waals surface area (Å²) < 4.78 is 5.63. The van der Waals surface area contributed by atoms with Crippen LogP contribution in [0.15, 0.2) is 24.3 Å². The molecule has 3 N–H and O–H groups in total. The predicted octanol–water partition coefficient (Wildman–Crippen LogP) is 2.01. The smallest absolute Gasteiger partial charge is 0.223 e. The predicted molar refractivity (Wildman–Crippen MR) is 90.4 cm³/mol. The topological polar surface area (TPSA) is 70.6 Å². The summed E-state index contributed by atoms with van der Waals surface area (Å²) in [6, 6.07) is 7.76. The van der Waals surface area contributed by atoms with Crippen LogP contribution in [0.2, 0.25) is 0 Å². The number of ether oxygens (including phenoxy) is 1. The summed E-state index contributed by atoms with van der Waals surface area (Å²) in [6.45, 7) is 7.11. The van der Waals surface area contributed by atoms with Gasteiger partial charge in [0.15, 0.2) is 0 Å². The number of benzene rings is 1. The highest BCUT2D eigenvalue weighted by Gasteiger charge is 2.25. The van der Waals surface area contributed by atoms with Crippen LogP contribution in [0.3, 0.4) is 0 Å². The van der Waals surface area contributed by atoms with E-state index < -0.39 is 6.10 Å². The fourth-order valence-electron chi connectivity index (χ4n) is 2.90. The van der Waals surface area contributed by atoms with Gasteiger partial charge in [0, 0.05) is 18.5 Å². The molecule has 0 bridgehead atoms. The van der Waals surface area contributed by atoms with Gasteiger partial charge in [0.2, 0.25) is 5.91 Å². The van der Waals surface area contributed by atoms with Gasteiger partial charge in [-0.15, -0.1) is 0 Å². The van der Waals surface area contributed by atoms with Crippen molar-refractivity contribution in [2.45, 2.75) is 51.9 Å². The van der Waals surface area contributed by atoms with Crippen molar-refractivity contribution in [1.29, 1.82) is 0 Å². The van der Waals surface area contributed by atoms with Crippen molar-refractivity contribution in [3.8, 4) is 5.75 Å². The first-order valence-electron chi connectivity index (χ1n) is 8.41. The number of rotatable bonds is 6. The highest BCUT2D eigenvalue weighted by atomic mass is 16.5. The minimum atomic E-state index is -0.728. The lowest BCUT2D eigenvalue weighted by atomic mass is 9.92. The molecule has 1 aliphatic heterocycles. The summed E-state index contributed by atoms with van der Waals surface area (Å²) in [7, 11) is 0. The van der Waals surface area contributed by atoms with Gasteiger partial charge in [0.05, 0.1) is 12.2 Å². The molecule has 2 rings (SSSR count). The SMILES string of the molecule is CC(C)Oc1cccc(C(O)CNC(=O)[C@H]2CCN[C@@H](C)C2)c1. The van der Waals surface area contributed by atoms with Gasteiger partial charge in [-0.25, -0.2) is 0 Å². The van der Waals surface area contributed by atoms with E-state index in [4.69, 9.17) is 4.74 Å². The van der Waals surface area contributed by atoms with Crippen LogP contribution in [0, 0.1) is 5.92 Å². The summed E-state index contributed by atoms with van der Waals surface area (Å²) in [4.78, 5) is 12.2. The normalized spacial score (nSPS) is 22.7. The number of nitrogens with one attached hydrogen (secondary N) is 2. The maximum atomic E-state index is 12.2. The molecule has 1 saturated heterocycles. The second kappa shape index (κ2) is 8.31. The van der Waals surface area contributed by atoms with E-state index in [1.54, 1.807) is 0 Å². The van der Waals surface area contributed by atoms with Crippen LogP contribution in [0.1, 0.15) is 45.3 Å². The Morgan fingerprint density at radius 3 is 2.96 bits per heavy atom. The summed E-state index contributed by atoms with van der Waals surface area (Å²) in [6.07, 6.45) is 1.06. The van der Waals surface area contributed by atoms with Crippen molar-refractivity contribution >= 4 is 5.91 Å². The summed E-state index contributed by atoms with van der Waals surface area (Å²) in [5.41, 5.74) is 0.752. The molecule has 3 atom stereocenters. The average Bonchev–Trinajstić information content (AvgIpc) is 2.52. The molecule has 23 heavy (non-hydrogen) atoms. The number of aliphatic hydroxyl groups is 1. The maximum Gasteiger partial charge on any atom is 0.223 e. The van der Waals surface area contributed by atoms with Crippen LogP contribution in [0.25, 0.3) is 0 Å². The molecule has 0 spiro atoms. The van der Waals surface area contributed by atoms with E-state index >= 15 is 0 Å². The van der Waals surface area contributed by atoms with Crippen LogP contribution in [0.4, 0.5) is 0 Å². The van der Waals surface area contributed by atoms with E-state index in [2.05, 4.69) is 17.6 Å². The molecule has 1 aliphatic rings. The van der Waals surface area contributed by atoms with Crippen molar-refractivity contribution in [3.63, 3.8) is 0 Å². The number of hydrogen-bond acceptors (Lipinski definition) is 4. The van der Waals surface area contributed by atoms with Gasteiger partial charge in [-0.05, 0) is 57.9 Å². The van der Waals surface area contributed by atoms with Gasteiger partial charge in [0.25, 0.3) is 0 Å². The molecule has 1 aromatic carbocycles. The van der Waals surface area contributed by atoms with Crippen molar-refractivity contribution < 1.29 is 14.6 Å². The van der Waals surface area contributed by atoms with Crippen LogP contribution >= 0.6 is 0 Å². The molecule has 1 aromatic rings. The lowest BCUT2D eigenvalue weighted by Gasteiger charge is -2.27. The highest BCUT2D eigenvalue weighted by Crippen LogP contribution is 2.21. The minimum Gasteiger partial charge on any atom is -0.491 e. The molecule has 5 nitrogen and oxygen atoms in total. The zero-order valence-electron chi connectivity index (χ0n) is 14.2. The summed E-state index contributed by atoms with van der Waals surface area (Å²) >= 11 is 0. The third-order valence-corrected chi connectivity index (χ3v) is 4.08. The fraction of sp³-hybridized carbons (Fsp3) is 0.611. The number of hydrogen-bond donors (Lipinski definition) is 3. The standard InChI is InChI=1S/C18H28N2O3/c1-12(2)23-16-6-4-5-14(10-16)17(21)11-20-18(22)15-7-8-19-13(3)9-15/h4-6,10,12-13,15,17,19,21H,7-9,11H2,1-3H3,(H,20,22)/t13-,15-,17?/m0/s1. The fourth-order valence-corrected chi connectivity index (χ4v) is 2.90. The monoisotopic (exact) mass is 320 g/mol. The average molecular weight is 320 g/mol. The first-order chi connectivity index (χ1) is 11.0. The lowest BCUT2D eigenvalue weighted by molar-refractivity contribution is -0.126. The van der Waals surface area contributed by atoms with Crippen molar-refractivity contribution in [1.82, 2.24) is 10.6 Å². The van der Waals surface area contributed by atoms with Crippen molar-refractivity contribution in [2.24, 2.45) is 5.92 Å². The number of carbonyl (C=O) groups is 1. The lowest BCUT2D eigenvalue weighted by Crippen LogP contribution is -2.43. The Kier molecular flexibility index (Phi) is 6.42. The minimum absolute atomic E-state index is 0.0342. The third-order valence-electron chi connectivity index (χ3n) is 4.08. The Morgan fingerprint density at radius 1 is 1.48 bits per heavy atom. The first kappa shape index (κ1) is 17.8. The molecule has 0 radical (unpaired) electrons. The first-order valence-corrected chi connectivity index (χ1v) is 8.41. The molecule has 1 fully saturated rings. The Morgan fingerprint density at radius 2 is 2.26 bits per heavy atom. The Balaban J connectivity index is 1.86. The molecule has 1 heterocycles. The molecule has 0 aliphatic carbocycles. The largest absolute Gasteiger partial charge is 0.491 e. The Hall–Kier alpha value is -1.59. The summed E-state index contributed by atoms with van der Waals surface area (Å²) in [5, 5.41) is 16.5. The Bertz CT molecular complexity index is 519. The van der Waals surface area contributed by atoms with E-state index in [1.807, 2.05) is 38.1 Å². The third kappa shape index (κ3) is 5.52. The second-order valence-corrected chi connectivity index (χ2v) is 6.58. The van der Waals surface area contributed by atoms with Gasteiger partial charge in [-0.1, -0.05) is 12.1 Å². The van der Waals surface area contributed by atoms with Crippen LogP contribution in [-0.4, -0.2) is 36.2 Å². The molecule has 0 saturated carbocycles. The van der Waals surface area contributed by atoms with Gasteiger partial charge < -0.3 is 20.5 Å². The molecule has 128 valence electrons. The van der Waals surface area contributed by atoms with Crippen molar-refractivity contribution in [3.05, 3.63) is 29.8 Å². The van der Waals surface area contributed by atoms with E-state index in [1.165, 1.54) is 0 Å². The number of aliphatic hydroxyl groups excluding tert-OH is 1. The molecular formula is C18H28N2O3. The van der Waals surface area contributed by atoms with Crippen LogP contribution < -0.4 is 15.4 Å². The van der Waals surface area contributed by atoms with E-state index in [-0.39, 0.29) is 24.5 Å². The van der Waals surface area contributed by atoms with E-state index in [9.17, 15) is 9.90 Å².